The second kappa shape index (κ2) is 9.22. The normalized spacial score (nSPS) is 12.4. The number of rotatable bonds is 7. The van der Waals surface area contributed by atoms with E-state index in [1.54, 1.807) is 0 Å². The van der Waals surface area contributed by atoms with E-state index in [9.17, 15) is 5.11 Å². The highest BCUT2D eigenvalue weighted by molar-refractivity contribution is 5.36. The van der Waals surface area contributed by atoms with Crippen molar-refractivity contribution in [1.29, 1.82) is 0 Å². The molecule has 116 valence electrons. The van der Waals surface area contributed by atoms with Crippen LogP contribution in [0.15, 0.2) is 18.2 Å². The summed E-state index contributed by atoms with van der Waals surface area (Å²) in [5.74, 6) is 1.35. The molecule has 3 nitrogen and oxygen atoms in total. The van der Waals surface area contributed by atoms with Crippen LogP contribution in [0.3, 0.4) is 0 Å². The van der Waals surface area contributed by atoms with Crippen LogP contribution in [-0.4, -0.2) is 30.4 Å². The van der Waals surface area contributed by atoms with Gasteiger partial charge in [0, 0.05) is 12.6 Å². The van der Waals surface area contributed by atoms with E-state index in [1.165, 1.54) is 11.1 Å². The topological polar surface area (TPSA) is 41.5 Å². The fraction of sp³-hybridized carbons (Fsp3) is 0.625. The van der Waals surface area contributed by atoms with Crippen LogP contribution in [0.5, 0.6) is 5.75 Å². The number of hydrogen-bond acceptors (Lipinski definition) is 3. The van der Waals surface area contributed by atoms with E-state index in [0.717, 1.165) is 5.75 Å². The van der Waals surface area contributed by atoms with E-state index in [0.29, 0.717) is 25.1 Å². The second-order valence-corrected chi connectivity index (χ2v) is 5.70. The predicted molar refractivity (Wildman–Crippen MR) is 79.9 cm³/mol. The molecule has 0 aliphatic heterocycles. The molecular formula is C16H27ClNO2-. The SMILES string of the molecule is Cc1cc(OCC(O)CNC(C)C)ccc1C(C)C.[Cl-]. The minimum Gasteiger partial charge on any atom is -1.00 e. The molecule has 2 N–H and O–H groups in total. The van der Waals surface area contributed by atoms with Crippen molar-refractivity contribution in [3.05, 3.63) is 29.3 Å². The van der Waals surface area contributed by atoms with Crippen LogP contribution in [0.2, 0.25) is 0 Å². The summed E-state index contributed by atoms with van der Waals surface area (Å²) in [6.45, 7) is 11.5. The van der Waals surface area contributed by atoms with Crippen molar-refractivity contribution in [3.63, 3.8) is 0 Å². The van der Waals surface area contributed by atoms with Gasteiger partial charge in [-0.2, -0.15) is 0 Å². The molecule has 0 amide bonds. The van der Waals surface area contributed by atoms with Crippen LogP contribution in [0.25, 0.3) is 0 Å². The van der Waals surface area contributed by atoms with Gasteiger partial charge in [-0.3, -0.25) is 0 Å². The van der Waals surface area contributed by atoms with Crippen LogP contribution >= 0.6 is 0 Å². The van der Waals surface area contributed by atoms with E-state index >= 15 is 0 Å². The average molecular weight is 301 g/mol. The molecule has 0 aliphatic carbocycles. The monoisotopic (exact) mass is 300 g/mol. The number of nitrogens with one attached hydrogen (secondary N) is 1. The molecule has 1 aromatic carbocycles. The van der Waals surface area contributed by atoms with Crippen molar-refractivity contribution in [2.45, 2.75) is 52.7 Å². The molecule has 1 rings (SSSR count). The van der Waals surface area contributed by atoms with Crippen LogP contribution < -0.4 is 22.5 Å². The molecule has 1 atom stereocenters. The lowest BCUT2D eigenvalue weighted by Crippen LogP contribution is -3.00. The lowest BCUT2D eigenvalue weighted by Gasteiger charge is -2.16. The molecular weight excluding hydrogens is 274 g/mol. The smallest absolute Gasteiger partial charge is 0.119 e. The molecule has 0 radical (unpaired) electrons. The summed E-state index contributed by atoms with van der Waals surface area (Å²) in [6.07, 6.45) is -0.479. The van der Waals surface area contributed by atoms with Crippen molar-refractivity contribution in [2.24, 2.45) is 0 Å². The Bertz CT molecular complexity index is 394. The summed E-state index contributed by atoms with van der Waals surface area (Å²) >= 11 is 0. The summed E-state index contributed by atoms with van der Waals surface area (Å²) in [7, 11) is 0. The summed E-state index contributed by atoms with van der Waals surface area (Å²) < 4.78 is 5.63. The van der Waals surface area contributed by atoms with Gasteiger partial charge in [0.05, 0.1) is 0 Å². The second-order valence-electron chi connectivity index (χ2n) is 5.70. The third-order valence-electron chi connectivity index (χ3n) is 3.07. The fourth-order valence-electron chi connectivity index (χ4n) is 2.01. The van der Waals surface area contributed by atoms with E-state index in [4.69, 9.17) is 4.74 Å². The zero-order valence-corrected chi connectivity index (χ0v) is 13.9. The molecule has 0 heterocycles. The number of aliphatic hydroxyl groups is 1. The van der Waals surface area contributed by atoms with Gasteiger partial charge in [0.1, 0.15) is 18.5 Å². The number of hydrogen-bond donors (Lipinski definition) is 2. The molecule has 0 aliphatic rings. The third-order valence-corrected chi connectivity index (χ3v) is 3.07. The maximum atomic E-state index is 9.78. The van der Waals surface area contributed by atoms with Gasteiger partial charge < -0.3 is 27.6 Å². The van der Waals surface area contributed by atoms with Gasteiger partial charge in [0.25, 0.3) is 0 Å². The Labute approximate surface area is 129 Å². The molecule has 0 aromatic heterocycles. The summed E-state index contributed by atoms with van der Waals surface area (Å²) in [4.78, 5) is 0. The molecule has 0 saturated heterocycles. The van der Waals surface area contributed by atoms with Crippen molar-refractivity contribution in [1.82, 2.24) is 5.32 Å². The quantitative estimate of drug-likeness (QED) is 0.736. The van der Waals surface area contributed by atoms with Crippen molar-refractivity contribution in [2.75, 3.05) is 13.2 Å². The van der Waals surface area contributed by atoms with Gasteiger partial charge in [-0.1, -0.05) is 33.8 Å². The zero-order valence-electron chi connectivity index (χ0n) is 13.1. The Morgan fingerprint density at radius 2 is 1.85 bits per heavy atom. The third kappa shape index (κ3) is 6.60. The van der Waals surface area contributed by atoms with E-state index in [-0.39, 0.29) is 12.4 Å². The number of halogens is 1. The standard InChI is InChI=1S/C16H27NO2.ClH/c1-11(2)16-7-6-15(8-13(16)5)19-10-14(18)9-17-12(3)4;/h6-8,11-12,14,17-18H,9-10H2,1-5H3;1H/p-1. The Morgan fingerprint density at radius 3 is 2.35 bits per heavy atom. The van der Waals surface area contributed by atoms with E-state index in [2.05, 4.69) is 46.0 Å². The molecule has 1 aromatic rings. The molecule has 1 unspecified atom stereocenters. The Hall–Kier alpha value is -0.770. The summed E-state index contributed by atoms with van der Waals surface area (Å²) in [6, 6.07) is 6.50. The first kappa shape index (κ1) is 19.2. The molecule has 0 spiro atoms. The highest BCUT2D eigenvalue weighted by atomic mass is 35.5. The highest BCUT2D eigenvalue weighted by Crippen LogP contribution is 2.23. The van der Waals surface area contributed by atoms with Crippen LogP contribution in [0.1, 0.15) is 44.7 Å². The number of aryl methyl sites for hydroxylation is 1. The minimum atomic E-state index is -0.479. The minimum absolute atomic E-state index is 0. The Kier molecular flexibility index (Phi) is 8.86. The van der Waals surface area contributed by atoms with Gasteiger partial charge in [-0.05, 0) is 36.1 Å². The van der Waals surface area contributed by atoms with Crippen LogP contribution in [-0.2, 0) is 0 Å². The number of ether oxygens (including phenoxy) is 1. The maximum Gasteiger partial charge on any atom is 0.119 e. The molecule has 20 heavy (non-hydrogen) atoms. The maximum absolute atomic E-state index is 9.78. The average Bonchev–Trinajstić information content (AvgIpc) is 2.33. The highest BCUT2D eigenvalue weighted by Gasteiger charge is 2.08. The van der Waals surface area contributed by atoms with Crippen LogP contribution in [0, 0.1) is 6.92 Å². The first-order valence-corrected chi connectivity index (χ1v) is 7.05. The zero-order chi connectivity index (χ0) is 14.4. The first-order chi connectivity index (χ1) is 8.90. The van der Waals surface area contributed by atoms with Crippen molar-refractivity contribution >= 4 is 0 Å². The first-order valence-electron chi connectivity index (χ1n) is 7.05. The van der Waals surface area contributed by atoms with Crippen molar-refractivity contribution in [3.8, 4) is 5.75 Å². The number of aliphatic hydroxyl groups excluding tert-OH is 1. The summed E-state index contributed by atoms with van der Waals surface area (Å²) in [5.41, 5.74) is 2.58. The van der Waals surface area contributed by atoms with Crippen LogP contribution in [0.4, 0.5) is 0 Å². The number of benzene rings is 1. The van der Waals surface area contributed by atoms with E-state index < -0.39 is 6.10 Å². The molecule has 0 fully saturated rings. The molecule has 0 saturated carbocycles. The molecule has 4 heteroatoms. The largest absolute Gasteiger partial charge is 1.00 e. The van der Waals surface area contributed by atoms with Gasteiger partial charge in [0.15, 0.2) is 0 Å². The Balaban J connectivity index is 0.00000361. The van der Waals surface area contributed by atoms with Gasteiger partial charge >= 0.3 is 0 Å². The lowest BCUT2D eigenvalue weighted by atomic mass is 9.98. The van der Waals surface area contributed by atoms with Gasteiger partial charge in [-0.25, -0.2) is 0 Å². The fourth-order valence-corrected chi connectivity index (χ4v) is 2.01. The van der Waals surface area contributed by atoms with E-state index in [1.807, 2.05) is 12.1 Å². The van der Waals surface area contributed by atoms with Gasteiger partial charge in [0.2, 0.25) is 0 Å². The lowest BCUT2D eigenvalue weighted by molar-refractivity contribution is -0.00000614. The summed E-state index contributed by atoms with van der Waals surface area (Å²) in [5, 5.41) is 13.0. The molecule has 0 bridgehead atoms. The Morgan fingerprint density at radius 1 is 1.20 bits per heavy atom. The predicted octanol–water partition coefficient (Wildman–Crippen LogP) is -0.140. The van der Waals surface area contributed by atoms with Crippen molar-refractivity contribution < 1.29 is 22.3 Å². The van der Waals surface area contributed by atoms with Gasteiger partial charge in [-0.15, -0.1) is 0 Å².